The first-order chi connectivity index (χ1) is 8.13. The summed E-state index contributed by atoms with van der Waals surface area (Å²) >= 11 is 0. The number of para-hydroxylation sites is 1. The summed E-state index contributed by atoms with van der Waals surface area (Å²) in [6.45, 7) is 1.73. The summed E-state index contributed by atoms with van der Waals surface area (Å²) < 4.78 is 5.03. The molecule has 1 rings (SSSR count). The molecule has 92 valence electrons. The lowest BCUT2D eigenvalue weighted by Gasteiger charge is -2.06. The van der Waals surface area contributed by atoms with Crippen molar-refractivity contribution in [2.24, 2.45) is 0 Å². The smallest absolute Gasteiger partial charge is 0.311 e. The zero-order chi connectivity index (χ0) is 12.7. The SMILES string of the molecule is CCC(CCC(=O)Oc1ccccc1)[N+](=O)[O-]. The first-order valence-corrected chi connectivity index (χ1v) is 5.52. The molecule has 0 spiro atoms. The minimum Gasteiger partial charge on any atom is -0.427 e. The lowest BCUT2D eigenvalue weighted by Crippen LogP contribution is -2.20. The molecule has 5 heteroatoms. The molecule has 0 aliphatic heterocycles. The minimum absolute atomic E-state index is 0.0639. The van der Waals surface area contributed by atoms with Crippen molar-refractivity contribution in [2.75, 3.05) is 0 Å². The summed E-state index contributed by atoms with van der Waals surface area (Å²) in [5.74, 6) is 0.0307. The summed E-state index contributed by atoms with van der Waals surface area (Å²) in [6.07, 6.45) is 0.704. The first kappa shape index (κ1) is 13.2. The molecule has 0 aromatic heterocycles. The van der Waals surface area contributed by atoms with Crippen LogP contribution in [0.2, 0.25) is 0 Å². The van der Waals surface area contributed by atoms with Crippen LogP contribution in [0.25, 0.3) is 0 Å². The van der Waals surface area contributed by atoms with E-state index in [0.29, 0.717) is 12.2 Å². The second kappa shape index (κ2) is 6.62. The third-order valence-electron chi connectivity index (χ3n) is 2.43. The Labute approximate surface area is 99.5 Å². The first-order valence-electron chi connectivity index (χ1n) is 5.52. The fourth-order valence-corrected chi connectivity index (χ4v) is 1.41. The fourth-order valence-electron chi connectivity index (χ4n) is 1.41. The summed E-state index contributed by atoms with van der Waals surface area (Å²) in [7, 11) is 0. The van der Waals surface area contributed by atoms with Gasteiger partial charge in [-0.05, 0) is 12.1 Å². The van der Waals surface area contributed by atoms with Gasteiger partial charge in [-0.15, -0.1) is 0 Å². The van der Waals surface area contributed by atoms with Crippen LogP contribution in [0.15, 0.2) is 30.3 Å². The molecule has 0 saturated heterocycles. The summed E-state index contributed by atoms with van der Waals surface area (Å²) in [4.78, 5) is 21.6. The van der Waals surface area contributed by atoms with Gasteiger partial charge in [0.05, 0.1) is 6.42 Å². The van der Waals surface area contributed by atoms with Crippen molar-refractivity contribution < 1.29 is 14.5 Å². The molecule has 0 amide bonds. The highest BCUT2D eigenvalue weighted by Crippen LogP contribution is 2.11. The molecule has 1 aromatic carbocycles. The predicted molar refractivity (Wildman–Crippen MR) is 62.4 cm³/mol. The van der Waals surface area contributed by atoms with Crippen molar-refractivity contribution in [3.63, 3.8) is 0 Å². The average molecular weight is 237 g/mol. The van der Waals surface area contributed by atoms with Gasteiger partial charge in [0, 0.05) is 17.8 Å². The molecule has 0 bridgehead atoms. The van der Waals surface area contributed by atoms with Gasteiger partial charge in [-0.2, -0.15) is 0 Å². The topological polar surface area (TPSA) is 69.4 Å². The Morgan fingerprint density at radius 1 is 1.41 bits per heavy atom. The number of carbonyl (C=O) groups is 1. The van der Waals surface area contributed by atoms with E-state index >= 15 is 0 Å². The predicted octanol–water partition coefficient (Wildman–Crippen LogP) is 2.43. The highest BCUT2D eigenvalue weighted by atomic mass is 16.6. The third kappa shape index (κ3) is 4.63. The van der Waals surface area contributed by atoms with Crippen LogP contribution in [0.5, 0.6) is 5.75 Å². The zero-order valence-corrected chi connectivity index (χ0v) is 9.67. The minimum atomic E-state index is -0.668. The number of esters is 1. The van der Waals surface area contributed by atoms with E-state index in [2.05, 4.69) is 0 Å². The highest BCUT2D eigenvalue weighted by molar-refractivity contribution is 5.72. The average Bonchev–Trinajstić information content (AvgIpc) is 2.30. The molecule has 0 N–H and O–H groups in total. The molecule has 0 heterocycles. The normalized spacial score (nSPS) is 11.8. The van der Waals surface area contributed by atoms with E-state index in [1.54, 1.807) is 31.2 Å². The molecule has 0 aliphatic carbocycles. The van der Waals surface area contributed by atoms with Crippen molar-refractivity contribution in [1.82, 2.24) is 0 Å². The molecule has 1 aromatic rings. The van der Waals surface area contributed by atoms with Gasteiger partial charge < -0.3 is 4.74 Å². The van der Waals surface area contributed by atoms with Gasteiger partial charge in [0.2, 0.25) is 6.04 Å². The molecule has 0 radical (unpaired) electrons. The fraction of sp³-hybridized carbons (Fsp3) is 0.417. The van der Waals surface area contributed by atoms with Gasteiger partial charge in [-0.1, -0.05) is 25.1 Å². The van der Waals surface area contributed by atoms with Gasteiger partial charge in [0.15, 0.2) is 0 Å². The van der Waals surface area contributed by atoms with E-state index in [1.165, 1.54) is 0 Å². The number of ether oxygens (including phenoxy) is 1. The molecular formula is C12H15NO4. The van der Waals surface area contributed by atoms with Crippen molar-refractivity contribution in [1.29, 1.82) is 0 Å². The number of nitrogens with zero attached hydrogens (tertiary/aromatic N) is 1. The molecule has 0 saturated carbocycles. The summed E-state index contributed by atoms with van der Waals surface area (Å²) in [6, 6.07) is 8.00. The van der Waals surface area contributed by atoms with Crippen molar-refractivity contribution in [3.8, 4) is 5.75 Å². The maximum absolute atomic E-state index is 11.4. The van der Waals surface area contributed by atoms with Crippen molar-refractivity contribution in [2.45, 2.75) is 32.2 Å². The van der Waals surface area contributed by atoms with Gasteiger partial charge in [-0.3, -0.25) is 14.9 Å². The Hall–Kier alpha value is -1.91. The summed E-state index contributed by atoms with van der Waals surface area (Å²) in [5.41, 5.74) is 0. The molecule has 0 fully saturated rings. The Bertz CT molecular complexity index is 377. The number of carbonyl (C=O) groups excluding carboxylic acids is 1. The van der Waals surface area contributed by atoms with Crippen LogP contribution in [0.1, 0.15) is 26.2 Å². The number of nitro groups is 1. The van der Waals surface area contributed by atoms with E-state index in [1.807, 2.05) is 6.07 Å². The number of hydrogen-bond donors (Lipinski definition) is 0. The van der Waals surface area contributed by atoms with Crippen LogP contribution in [-0.4, -0.2) is 16.9 Å². The Kier molecular flexibility index (Phi) is 5.13. The number of benzene rings is 1. The summed E-state index contributed by atoms with van der Waals surface area (Å²) in [5, 5.41) is 10.6. The van der Waals surface area contributed by atoms with Crippen LogP contribution < -0.4 is 4.74 Å². The van der Waals surface area contributed by atoms with E-state index in [4.69, 9.17) is 4.74 Å². The largest absolute Gasteiger partial charge is 0.427 e. The quantitative estimate of drug-likeness (QED) is 0.330. The third-order valence-corrected chi connectivity index (χ3v) is 2.43. The Morgan fingerprint density at radius 3 is 2.59 bits per heavy atom. The van der Waals surface area contributed by atoms with Crippen LogP contribution in [0, 0.1) is 10.1 Å². The lowest BCUT2D eigenvalue weighted by molar-refractivity contribution is -0.523. The molecule has 0 aliphatic rings. The monoisotopic (exact) mass is 237 g/mol. The van der Waals surface area contributed by atoms with Crippen LogP contribution >= 0.6 is 0 Å². The standard InChI is InChI=1S/C12H15NO4/c1-2-10(13(15)16)8-9-12(14)17-11-6-4-3-5-7-11/h3-7,10H,2,8-9H2,1H3. The molecule has 5 nitrogen and oxygen atoms in total. The number of rotatable bonds is 6. The maximum atomic E-state index is 11.4. The van der Waals surface area contributed by atoms with Crippen LogP contribution in [-0.2, 0) is 4.79 Å². The number of hydrogen-bond acceptors (Lipinski definition) is 4. The van der Waals surface area contributed by atoms with Crippen molar-refractivity contribution >= 4 is 5.97 Å². The van der Waals surface area contributed by atoms with E-state index < -0.39 is 12.0 Å². The molecule has 17 heavy (non-hydrogen) atoms. The van der Waals surface area contributed by atoms with Crippen LogP contribution in [0.3, 0.4) is 0 Å². The van der Waals surface area contributed by atoms with E-state index in [-0.39, 0.29) is 17.8 Å². The second-order valence-corrected chi connectivity index (χ2v) is 3.67. The molecule has 1 atom stereocenters. The van der Waals surface area contributed by atoms with Gasteiger partial charge >= 0.3 is 5.97 Å². The Morgan fingerprint density at radius 2 is 2.06 bits per heavy atom. The van der Waals surface area contributed by atoms with E-state index in [9.17, 15) is 14.9 Å². The van der Waals surface area contributed by atoms with Crippen LogP contribution in [0.4, 0.5) is 0 Å². The van der Waals surface area contributed by atoms with Gasteiger partial charge in [-0.25, -0.2) is 0 Å². The Balaban J connectivity index is 2.38. The molecular weight excluding hydrogens is 222 g/mol. The zero-order valence-electron chi connectivity index (χ0n) is 9.67. The van der Waals surface area contributed by atoms with Crippen molar-refractivity contribution in [3.05, 3.63) is 40.4 Å². The second-order valence-electron chi connectivity index (χ2n) is 3.67. The van der Waals surface area contributed by atoms with Gasteiger partial charge in [0.1, 0.15) is 5.75 Å². The maximum Gasteiger partial charge on any atom is 0.311 e. The van der Waals surface area contributed by atoms with Gasteiger partial charge in [0.25, 0.3) is 0 Å². The lowest BCUT2D eigenvalue weighted by atomic mass is 10.1. The molecule has 1 unspecified atom stereocenters. The van der Waals surface area contributed by atoms with E-state index in [0.717, 1.165) is 0 Å². The highest BCUT2D eigenvalue weighted by Gasteiger charge is 2.19.